The van der Waals surface area contributed by atoms with Gasteiger partial charge in [-0.1, -0.05) is 13.0 Å². The quantitative estimate of drug-likeness (QED) is 0.334. The summed E-state index contributed by atoms with van der Waals surface area (Å²) in [4.78, 5) is 29.3. The number of hydrogen-bond acceptors (Lipinski definition) is 6. The molecule has 218 valence electrons. The van der Waals surface area contributed by atoms with Crippen molar-refractivity contribution in [2.75, 3.05) is 51.3 Å². The van der Waals surface area contributed by atoms with Crippen LogP contribution in [0.15, 0.2) is 42.7 Å². The van der Waals surface area contributed by atoms with E-state index in [1.807, 2.05) is 24.1 Å². The van der Waals surface area contributed by atoms with Gasteiger partial charge in [0.05, 0.1) is 18.8 Å². The molecule has 2 aliphatic rings. The average molecular weight is 573 g/mol. The third-order valence-electron chi connectivity index (χ3n) is 8.14. The first-order valence-corrected chi connectivity index (χ1v) is 14.3. The molecule has 6 rings (SSSR count). The highest BCUT2D eigenvalue weighted by Crippen LogP contribution is 2.38. The number of aryl methyl sites for hydroxylation is 2. The van der Waals surface area contributed by atoms with E-state index in [-0.39, 0.29) is 11.7 Å². The van der Waals surface area contributed by atoms with Crippen LogP contribution in [0, 0.1) is 18.6 Å². The summed E-state index contributed by atoms with van der Waals surface area (Å²) in [5, 5.41) is 3.99. The molecule has 0 bridgehead atoms. The second-order valence-electron chi connectivity index (χ2n) is 10.7. The lowest BCUT2D eigenvalue weighted by Crippen LogP contribution is -2.49. The largest absolute Gasteiger partial charge is 0.493 e. The van der Waals surface area contributed by atoms with Crippen LogP contribution >= 0.6 is 0 Å². The predicted octanol–water partition coefficient (Wildman–Crippen LogP) is 5.12. The number of benzene rings is 1. The van der Waals surface area contributed by atoms with E-state index in [4.69, 9.17) is 4.74 Å². The van der Waals surface area contributed by atoms with Gasteiger partial charge < -0.3 is 24.8 Å². The smallest absolute Gasteiger partial charge is 0.270 e. The van der Waals surface area contributed by atoms with E-state index in [9.17, 15) is 9.18 Å². The van der Waals surface area contributed by atoms with Crippen LogP contribution in [0.4, 0.5) is 14.6 Å². The van der Waals surface area contributed by atoms with Gasteiger partial charge in [-0.15, -0.1) is 0 Å². The van der Waals surface area contributed by atoms with E-state index in [2.05, 4.69) is 39.3 Å². The molecule has 10 heteroatoms. The van der Waals surface area contributed by atoms with E-state index >= 15 is 4.39 Å². The van der Waals surface area contributed by atoms with Gasteiger partial charge in [0.1, 0.15) is 11.5 Å². The molecular formula is C32H34F2N6O2. The predicted molar refractivity (Wildman–Crippen MR) is 160 cm³/mol. The average Bonchev–Trinajstić information content (AvgIpc) is 3.48. The number of carbonyl (C=O) groups excluding carboxylic acids is 1. The molecule has 0 atom stereocenters. The molecule has 0 spiro atoms. The van der Waals surface area contributed by atoms with Crippen LogP contribution in [0.25, 0.3) is 27.6 Å². The molecule has 42 heavy (non-hydrogen) atoms. The van der Waals surface area contributed by atoms with Crippen molar-refractivity contribution in [3.63, 3.8) is 0 Å². The van der Waals surface area contributed by atoms with Crippen molar-refractivity contribution in [3.8, 4) is 16.9 Å². The summed E-state index contributed by atoms with van der Waals surface area (Å²) in [6.45, 7) is 7.36. The van der Waals surface area contributed by atoms with Gasteiger partial charge in [0.2, 0.25) is 0 Å². The number of H-pyrrole nitrogens is 1. The van der Waals surface area contributed by atoms with Gasteiger partial charge in [-0.3, -0.25) is 9.78 Å². The molecule has 0 unspecified atom stereocenters. The number of rotatable bonds is 6. The number of aromatic nitrogens is 3. The van der Waals surface area contributed by atoms with Crippen LogP contribution in [-0.2, 0) is 6.42 Å². The maximum absolute atomic E-state index is 16.2. The number of halogens is 2. The fraction of sp³-hybridized carbons (Fsp3) is 0.344. The molecule has 0 saturated carbocycles. The van der Waals surface area contributed by atoms with Crippen LogP contribution < -0.4 is 15.0 Å². The normalized spacial score (nSPS) is 15.7. The Morgan fingerprint density at radius 3 is 2.55 bits per heavy atom. The van der Waals surface area contributed by atoms with E-state index < -0.39 is 5.82 Å². The van der Waals surface area contributed by atoms with Gasteiger partial charge in [0, 0.05) is 67.2 Å². The summed E-state index contributed by atoms with van der Waals surface area (Å²) >= 11 is 0. The monoisotopic (exact) mass is 572 g/mol. The fourth-order valence-corrected chi connectivity index (χ4v) is 5.93. The fourth-order valence-electron chi connectivity index (χ4n) is 5.93. The van der Waals surface area contributed by atoms with Gasteiger partial charge in [-0.05, 0) is 61.2 Å². The van der Waals surface area contributed by atoms with Crippen molar-refractivity contribution in [3.05, 3.63) is 76.9 Å². The molecule has 1 aromatic carbocycles. The minimum absolute atomic E-state index is 0.201. The van der Waals surface area contributed by atoms with Crippen molar-refractivity contribution in [2.24, 2.45) is 0 Å². The highest BCUT2D eigenvalue weighted by molar-refractivity contribution is 6.05. The summed E-state index contributed by atoms with van der Waals surface area (Å²) < 4.78 is 35.1. The Morgan fingerprint density at radius 1 is 1.02 bits per heavy atom. The van der Waals surface area contributed by atoms with Crippen molar-refractivity contribution < 1.29 is 18.3 Å². The topological polar surface area (TPSA) is 86.4 Å². The first kappa shape index (κ1) is 27.8. The summed E-state index contributed by atoms with van der Waals surface area (Å²) in [6.07, 6.45) is 6.72. The maximum Gasteiger partial charge on any atom is 0.270 e. The lowest BCUT2D eigenvalue weighted by molar-refractivity contribution is 0.0741. The molecule has 1 fully saturated rings. The van der Waals surface area contributed by atoms with Crippen LogP contribution in [0.5, 0.6) is 5.75 Å². The summed E-state index contributed by atoms with van der Waals surface area (Å²) in [5.41, 5.74) is 5.92. The number of methoxy groups -OCH3 is 1. The molecule has 2 N–H and O–H groups in total. The van der Waals surface area contributed by atoms with Crippen LogP contribution in [0.3, 0.4) is 0 Å². The number of pyridine rings is 2. The minimum atomic E-state index is -0.471. The highest BCUT2D eigenvalue weighted by Gasteiger charge is 2.28. The van der Waals surface area contributed by atoms with E-state index in [1.165, 1.54) is 13.2 Å². The van der Waals surface area contributed by atoms with E-state index in [1.54, 1.807) is 11.0 Å². The Morgan fingerprint density at radius 2 is 1.83 bits per heavy atom. The van der Waals surface area contributed by atoms with Gasteiger partial charge in [0.25, 0.3) is 5.91 Å². The Balaban J connectivity index is 1.36. The van der Waals surface area contributed by atoms with Crippen molar-refractivity contribution in [1.82, 2.24) is 25.2 Å². The van der Waals surface area contributed by atoms with E-state index in [0.717, 1.165) is 53.5 Å². The highest BCUT2D eigenvalue weighted by atomic mass is 19.1. The number of hydrogen-bond donors (Lipinski definition) is 2. The standard InChI is InChI=1S/C32H34F2N6O2/c1-4-20-12-19(2)36-18-26(20)24-14-23(21-6-5-7-35-16-21)29(34)30-25(24)15-27(38-30)32(41)40-10-8-39(9-11-40)31-28(42-3)13-22(33)17-37-31/h6,12-15,17-18,35,38H,4-5,7-11,16H2,1-3H3. The van der Waals surface area contributed by atoms with Crippen molar-refractivity contribution in [1.29, 1.82) is 0 Å². The molecule has 0 aliphatic carbocycles. The van der Waals surface area contributed by atoms with Crippen LogP contribution in [0.1, 0.15) is 40.7 Å². The van der Waals surface area contributed by atoms with E-state index in [0.29, 0.717) is 66.5 Å². The number of aromatic amines is 1. The first-order chi connectivity index (χ1) is 20.4. The number of carbonyl (C=O) groups is 1. The number of fused-ring (bicyclic) bond motifs is 1. The maximum atomic E-state index is 16.2. The van der Waals surface area contributed by atoms with Crippen molar-refractivity contribution in [2.45, 2.75) is 26.7 Å². The SMILES string of the molecule is CCc1cc(C)ncc1-c1cc(C2=CCCNC2)c(F)c2[nH]c(C(=O)N3CCN(c4ncc(F)cc4OC)CC3)cc12. The zero-order valence-corrected chi connectivity index (χ0v) is 24.1. The Kier molecular flexibility index (Phi) is 7.64. The lowest BCUT2D eigenvalue weighted by Gasteiger charge is -2.35. The Bertz CT molecular complexity index is 1690. The number of amides is 1. The third-order valence-corrected chi connectivity index (χ3v) is 8.14. The minimum Gasteiger partial charge on any atom is -0.493 e. The van der Waals surface area contributed by atoms with Gasteiger partial charge in [0.15, 0.2) is 17.4 Å². The zero-order chi connectivity index (χ0) is 29.4. The molecular weight excluding hydrogens is 538 g/mol. The van der Waals surface area contributed by atoms with Gasteiger partial charge in [-0.25, -0.2) is 13.8 Å². The molecule has 4 aromatic rings. The molecule has 3 aromatic heterocycles. The summed E-state index contributed by atoms with van der Waals surface area (Å²) in [6, 6.07) is 7.04. The number of ether oxygens (including phenoxy) is 1. The number of nitrogens with one attached hydrogen (secondary N) is 2. The Hall–Kier alpha value is -4.31. The second-order valence-corrected chi connectivity index (χ2v) is 10.7. The first-order valence-electron chi connectivity index (χ1n) is 14.3. The molecule has 1 saturated heterocycles. The molecule has 5 heterocycles. The summed E-state index contributed by atoms with van der Waals surface area (Å²) in [5.74, 6) is -0.139. The molecule has 1 amide bonds. The third kappa shape index (κ3) is 5.11. The number of anilines is 1. The molecule has 2 aliphatic heterocycles. The Labute approximate surface area is 243 Å². The number of nitrogens with zero attached hydrogens (tertiary/aromatic N) is 4. The van der Waals surface area contributed by atoms with Gasteiger partial charge >= 0.3 is 0 Å². The molecule has 8 nitrogen and oxygen atoms in total. The van der Waals surface area contributed by atoms with Crippen LogP contribution in [0.2, 0.25) is 0 Å². The number of piperazine rings is 1. The van der Waals surface area contributed by atoms with Crippen molar-refractivity contribution >= 4 is 28.2 Å². The lowest BCUT2D eigenvalue weighted by atomic mass is 9.91. The zero-order valence-electron chi connectivity index (χ0n) is 24.1. The van der Waals surface area contributed by atoms with Gasteiger partial charge in [-0.2, -0.15) is 0 Å². The molecule has 0 radical (unpaired) electrons. The van der Waals surface area contributed by atoms with Crippen LogP contribution in [-0.4, -0.2) is 72.1 Å². The summed E-state index contributed by atoms with van der Waals surface area (Å²) in [7, 11) is 1.48. The second kappa shape index (κ2) is 11.5.